The number of pyridine rings is 1. The van der Waals surface area contributed by atoms with Crippen LogP contribution in [0.3, 0.4) is 0 Å². The molecule has 0 spiro atoms. The number of hydrogen-bond acceptors (Lipinski definition) is 4. The van der Waals surface area contributed by atoms with E-state index in [2.05, 4.69) is 4.98 Å². The average Bonchev–Trinajstić information content (AvgIpc) is 2.91. The van der Waals surface area contributed by atoms with Gasteiger partial charge in [-0.15, -0.1) is 0 Å². The van der Waals surface area contributed by atoms with Gasteiger partial charge in [-0.3, -0.25) is 4.98 Å². The molecule has 18 heavy (non-hydrogen) atoms. The van der Waals surface area contributed by atoms with E-state index >= 15 is 0 Å². The number of nitrogens with zero attached hydrogens (tertiary/aromatic N) is 2. The maximum atomic E-state index is 12.5. The Morgan fingerprint density at radius 1 is 1.44 bits per heavy atom. The number of hydrogen-bond donors (Lipinski definition) is 1. The number of aromatic nitrogens is 1. The molecule has 0 bridgehead atoms. The minimum absolute atomic E-state index is 0.112. The first-order chi connectivity index (χ1) is 8.57. The average molecular weight is 269 g/mol. The third-order valence-corrected chi connectivity index (χ3v) is 5.52. The van der Waals surface area contributed by atoms with Gasteiger partial charge in [0.15, 0.2) is 0 Å². The highest BCUT2D eigenvalue weighted by Crippen LogP contribution is 2.27. The lowest BCUT2D eigenvalue weighted by atomic mass is 10.3. The van der Waals surface area contributed by atoms with Crippen molar-refractivity contribution in [3.05, 3.63) is 24.0 Å². The normalized spacial score (nSPS) is 17.5. The van der Waals surface area contributed by atoms with Gasteiger partial charge in [-0.1, -0.05) is 12.8 Å². The molecule has 1 fully saturated rings. The van der Waals surface area contributed by atoms with Gasteiger partial charge in [0.1, 0.15) is 4.90 Å². The van der Waals surface area contributed by atoms with Crippen molar-refractivity contribution in [1.29, 1.82) is 0 Å². The van der Waals surface area contributed by atoms with Crippen LogP contribution in [0.25, 0.3) is 0 Å². The molecule has 0 unspecified atom stereocenters. The van der Waals surface area contributed by atoms with Crippen molar-refractivity contribution >= 4 is 10.0 Å². The first kappa shape index (κ1) is 13.5. The van der Waals surface area contributed by atoms with Crippen LogP contribution in [0.5, 0.6) is 0 Å². The Balaban J connectivity index is 2.35. The van der Waals surface area contributed by atoms with E-state index in [0.29, 0.717) is 5.69 Å². The molecule has 6 heteroatoms. The van der Waals surface area contributed by atoms with Gasteiger partial charge in [0.25, 0.3) is 0 Å². The number of sulfonamides is 1. The SMILES string of the molecule is CN(C1CCCC1)S(=O)(=O)c1cccnc1CN. The van der Waals surface area contributed by atoms with E-state index in [0.717, 1.165) is 25.7 Å². The first-order valence-corrected chi connectivity index (χ1v) is 7.63. The highest BCUT2D eigenvalue weighted by Gasteiger charge is 2.31. The summed E-state index contributed by atoms with van der Waals surface area (Å²) in [5, 5.41) is 0. The Kier molecular flexibility index (Phi) is 3.99. The van der Waals surface area contributed by atoms with Crippen LogP contribution in [0.2, 0.25) is 0 Å². The summed E-state index contributed by atoms with van der Waals surface area (Å²) in [6.45, 7) is 0.133. The molecule has 0 radical (unpaired) electrons. The Morgan fingerprint density at radius 2 is 2.11 bits per heavy atom. The molecule has 0 saturated heterocycles. The maximum absolute atomic E-state index is 12.5. The summed E-state index contributed by atoms with van der Waals surface area (Å²) in [4.78, 5) is 4.28. The molecule has 0 amide bonds. The predicted octanol–water partition coefficient (Wildman–Crippen LogP) is 1.10. The Hall–Kier alpha value is -0.980. The second-order valence-corrected chi connectivity index (χ2v) is 6.58. The van der Waals surface area contributed by atoms with Gasteiger partial charge in [-0.25, -0.2) is 8.42 Å². The van der Waals surface area contributed by atoms with E-state index in [4.69, 9.17) is 5.73 Å². The molecule has 1 aliphatic carbocycles. The molecule has 1 heterocycles. The van der Waals surface area contributed by atoms with Gasteiger partial charge < -0.3 is 5.73 Å². The van der Waals surface area contributed by atoms with Crippen LogP contribution in [-0.2, 0) is 16.6 Å². The summed E-state index contributed by atoms with van der Waals surface area (Å²) in [6.07, 6.45) is 5.64. The Morgan fingerprint density at radius 3 is 2.72 bits per heavy atom. The van der Waals surface area contributed by atoms with Crippen molar-refractivity contribution in [3.8, 4) is 0 Å². The summed E-state index contributed by atoms with van der Waals surface area (Å²) in [5.74, 6) is 0. The van der Waals surface area contributed by atoms with Crippen LogP contribution in [0.1, 0.15) is 31.4 Å². The Labute approximate surface area is 108 Å². The highest BCUT2D eigenvalue weighted by molar-refractivity contribution is 7.89. The van der Waals surface area contributed by atoms with E-state index in [1.807, 2.05) is 0 Å². The molecule has 1 aromatic heterocycles. The van der Waals surface area contributed by atoms with Crippen molar-refractivity contribution in [1.82, 2.24) is 9.29 Å². The van der Waals surface area contributed by atoms with E-state index in [9.17, 15) is 8.42 Å². The Bertz CT molecular complexity index is 510. The molecule has 1 saturated carbocycles. The fraction of sp³-hybridized carbons (Fsp3) is 0.583. The van der Waals surface area contributed by atoms with E-state index in [1.54, 1.807) is 25.4 Å². The van der Waals surface area contributed by atoms with Gasteiger partial charge in [0.05, 0.1) is 5.69 Å². The molecule has 2 rings (SSSR count). The molecule has 2 N–H and O–H groups in total. The number of nitrogens with two attached hydrogens (primary N) is 1. The third-order valence-electron chi connectivity index (χ3n) is 3.54. The minimum atomic E-state index is -3.47. The van der Waals surface area contributed by atoms with Crippen LogP contribution >= 0.6 is 0 Å². The van der Waals surface area contributed by atoms with E-state index < -0.39 is 10.0 Å². The predicted molar refractivity (Wildman–Crippen MR) is 69.3 cm³/mol. The zero-order chi connectivity index (χ0) is 13.2. The van der Waals surface area contributed by atoms with Crippen LogP contribution in [0.4, 0.5) is 0 Å². The molecule has 100 valence electrons. The lowest BCUT2D eigenvalue weighted by molar-refractivity contribution is 0.372. The molecule has 1 aliphatic rings. The summed E-state index contributed by atoms with van der Waals surface area (Å²) in [6, 6.07) is 3.32. The molecule has 0 atom stereocenters. The summed E-state index contributed by atoms with van der Waals surface area (Å²) in [5.41, 5.74) is 5.99. The topological polar surface area (TPSA) is 76.3 Å². The molecule has 0 aliphatic heterocycles. The second kappa shape index (κ2) is 5.34. The zero-order valence-electron chi connectivity index (χ0n) is 10.5. The zero-order valence-corrected chi connectivity index (χ0v) is 11.4. The first-order valence-electron chi connectivity index (χ1n) is 6.19. The van der Waals surface area contributed by atoms with Crippen molar-refractivity contribution in [2.75, 3.05) is 7.05 Å². The maximum Gasteiger partial charge on any atom is 0.244 e. The summed E-state index contributed by atoms with van der Waals surface area (Å²) in [7, 11) is -1.82. The quantitative estimate of drug-likeness (QED) is 0.888. The monoisotopic (exact) mass is 269 g/mol. The highest BCUT2D eigenvalue weighted by atomic mass is 32.2. The fourth-order valence-electron chi connectivity index (χ4n) is 2.43. The van der Waals surface area contributed by atoms with Gasteiger partial charge in [-0.05, 0) is 25.0 Å². The molecular formula is C12H19N3O2S. The van der Waals surface area contributed by atoms with Crippen LogP contribution in [-0.4, -0.2) is 30.8 Å². The largest absolute Gasteiger partial charge is 0.325 e. The summed E-state index contributed by atoms with van der Waals surface area (Å²) >= 11 is 0. The third kappa shape index (κ3) is 2.41. The molecule has 5 nitrogen and oxygen atoms in total. The summed E-state index contributed by atoms with van der Waals surface area (Å²) < 4.78 is 26.5. The van der Waals surface area contributed by atoms with Crippen LogP contribution in [0, 0.1) is 0 Å². The lowest BCUT2D eigenvalue weighted by Gasteiger charge is -2.24. The van der Waals surface area contributed by atoms with Crippen molar-refractivity contribution in [3.63, 3.8) is 0 Å². The lowest BCUT2D eigenvalue weighted by Crippen LogP contribution is -2.36. The fourth-order valence-corrected chi connectivity index (χ4v) is 4.03. The standard InChI is InChI=1S/C12H19N3O2S/c1-15(10-5-2-3-6-10)18(16,17)12-7-4-8-14-11(12)9-13/h4,7-8,10H,2-3,5-6,9,13H2,1H3. The van der Waals surface area contributed by atoms with Crippen molar-refractivity contribution in [2.45, 2.75) is 43.2 Å². The second-order valence-electron chi connectivity index (χ2n) is 4.61. The van der Waals surface area contributed by atoms with Gasteiger partial charge in [0, 0.05) is 25.8 Å². The van der Waals surface area contributed by atoms with Gasteiger partial charge in [0.2, 0.25) is 10.0 Å². The van der Waals surface area contributed by atoms with Gasteiger partial charge in [-0.2, -0.15) is 4.31 Å². The molecule has 0 aromatic carbocycles. The smallest absolute Gasteiger partial charge is 0.244 e. The molecule has 1 aromatic rings. The van der Waals surface area contributed by atoms with Gasteiger partial charge >= 0.3 is 0 Å². The van der Waals surface area contributed by atoms with E-state index in [-0.39, 0.29) is 17.5 Å². The van der Waals surface area contributed by atoms with Crippen molar-refractivity contribution < 1.29 is 8.42 Å². The number of rotatable bonds is 4. The van der Waals surface area contributed by atoms with Crippen LogP contribution in [0.15, 0.2) is 23.2 Å². The minimum Gasteiger partial charge on any atom is -0.325 e. The van der Waals surface area contributed by atoms with Crippen molar-refractivity contribution in [2.24, 2.45) is 5.73 Å². The van der Waals surface area contributed by atoms with Crippen LogP contribution < -0.4 is 5.73 Å². The molecular weight excluding hydrogens is 250 g/mol. The van der Waals surface area contributed by atoms with E-state index in [1.165, 1.54) is 4.31 Å².